The number of halogens is 1. The van der Waals surface area contributed by atoms with Crippen molar-refractivity contribution in [1.29, 1.82) is 0 Å². The number of methoxy groups -OCH3 is 2. The summed E-state index contributed by atoms with van der Waals surface area (Å²) in [6.45, 7) is 5.35. The van der Waals surface area contributed by atoms with E-state index in [0.29, 0.717) is 29.4 Å². The molecule has 8 heteroatoms. The Bertz CT molecular complexity index is 1180. The van der Waals surface area contributed by atoms with Crippen molar-refractivity contribution in [1.82, 2.24) is 9.78 Å². The van der Waals surface area contributed by atoms with Gasteiger partial charge in [-0.1, -0.05) is 6.07 Å². The van der Waals surface area contributed by atoms with Gasteiger partial charge < -0.3 is 19.5 Å². The van der Waals surface area contributed by atoms with Crippen molar-refractivity contribution in [2.45, 2.75) is 33.9 Å². The van der Waals surface area contributed by atoms with Gasteiger partial charge in [0.1, 0.15) is 5.82 Å². The third kappa shape index (κ3) is 4.00. The number of hydrogen-bond acceptors (Lipinski definition) is 6. The second-order valence-corrected chi connectivity index (χ2v) is 8.66. The highest BCUT2D eigenvalue weighted by Crippen LogP contribution is 2.45. The molecule has 0 amide bonds. The predicted octanol–water partition coefficient (Wildman–Crippen LogP) is 4.90. The summed E-state index contributed by atoms with van der Waals surface area (Å²) < 4.78 is 31.8. The minimum atomic E-state index is -0.631. The first-order valence-corrected chi connectivity index (χ1v) is 10.3. The molecule has 0 bridgehead atoms. The summed E-state index contributed by atoms with van der Waals surface area (Å²) in [7, 11) is 3.18. The minimum Gasteiger partial charge on any atom is -0.493 e. The number of fused-ring (bicyclic) bond motifs is 3. The average Bonchev–Trinajstić information content (AvgIpc) is 3.27. The van der Waals surface area contributed by atoms with Crippen LogP contribution in [0.1, 0.15) is 31.9 Å². The first-order valence-electron chi connectivity index (χ1n) is 10.3. The molecule has 0 aliphatic heterocycles. The number of esters is 1. The maximum Gasteiger partial charge on any atom is 0.313 e. The molecule has 1 aliphatic rings. The number of aromatic nitrogens is 2. The molecule has 0 fully saturated rings. The van der Waals surface area contributed by atoms with Gasteiger partial charge >= 0.3 is 5.97 Å². The van der Waals surface area contributed by atoms with Gasteiger partial charge in [0.05, 0.1) is 25.3 Å². The highest BCUT2D eigenvalue weighted by Gasteiger charge is 2.31. The van der Waals surface area contributed by atoms with E-state index in [4.69, 9.17) is 14.2 Å². The second-order valence-electron chi connectivity index (χ2n) is 8.66. The summed E-state index contributed by atoms with van der Waals surface area (Å²) in [6.07, 6.45) is 0.593. The van der Waals surface area contributed by atoms with Gasteiger partial charge in [0.25, 0.3) is 0 Å². The topological polar surface area (TPSA) is 74.6 Å². The van der Waals surface area contributed by atoms with Crippen LogP contribution in [-0.4, -0.2) is 30.0 Å². The summed E-state index contributed by atoms with van der Waals surface area (Å²) in [5, 5.41) is 7.84. The zero-order valence-electron chi connectivity index (χ0n) is 18.8. The number of benzene rings is 2. The second kappa shape index (κ2) is 8.18. The Balaban J connectivity index is 1.76. The van der Waals surface area contributed by atoms with E-state index >= 15 is 0 Å². The van der Waals surface area contributed by atoms with Crippen LogP contribution in [-0.2, 0) is 22.7 Å². The van der Waals surface area contributed by atoms with Crippen molar-refractivity contribution in [3.8, 4) is 22.8 Å². The quantitative estimate of drug-likeness (QED) is 0.431. The van der Waals surface area contributed by atoms with Gasteiger partial charge in [-0.2, -0.15) is 5.10 Å². The summed E-state index contributed by atoms with van der Waals surface area (Å²) in [6, 6.07) is 10.0. The molecule has 0 saturated heterocycles. The molecule has 0 radical (unpaired) electrons. The molecule has 0 spiro atoms. The Labute approximate surface area is 186 Å². The molecule has 168 valence electrons. The zero-order valence-corrected chi connectivity index (χ0v) is 18.8. The maximum atomic E-state index is 13.7. The summed E-state index contributed by atoms with van der Waals surface area (Å²) in [5.41, 5.74) is 3.65. The Hall–Kier alpha value is -3.55. The van der Waals surface area contributed by atoms with E-state index in [1.165, 1.54) is 12.1 Å². The van der Waals surface area contributed by atoms with E-state index < -0.39 is 5.41 Å². The first-order chi connectivity index (χ1) is 15.2. The Morgan fingerprint density at radius 3 is 2.53 bits per heavy atom. The van der Waals surface area contributed by atoms with Crippen molar-refractivity contribution >= 4 is 17.5 Å². The summed E-state index contributed by atoms with van der Waals surface area (Å²) >= 11 is 0. The maximum absolute atomic E-state index is 13.7. The number of hydrogen-bond donors (Lipinski definition) is 1. The summed E-state index contributed by atoms with van der Waals surface area (Å²) in [4.78, 5) is 12.3. The van der Waals surface area contributed by atoms with E-state index in [1.54, 1.807) is 51.8 Å². The predicted molar refractivity (Wildman–Crippen MR) is 119 cm³/mol. The van der Waals surface area contributed by atoms with E-state index in [9.17, 15) is 9.18 Å². The van der Waals surface area contributed by atoms with Crippen LogP contribution in [0.5, 0.6) is 11.5 Å². The van der Waals surface area contributed by atoms with E-state index in [-0.39, 0.29) is 18.5 Å². The lowest BCUT2D eigenvalue weighted by Crippen LogP contribution is -2.24. The molecule has 1 aromatic heterocycles. The molecule has 1 aliphatic carbocycles. The van der Waals surface area contributed by atoms with Crippen LogP contribution in [0.2, 0.25) is 0 Å². The molecule has 3 aromatic rings. The lowest BCUT2D eigenvalue weighted by atomic mass is 9.98. The number of carbonyl (C=O) groups is 1. The van der Waals surface area contributed by atoms with Crippen LogP contribution in [0.25, 0.3) is 11.3 Å². The molecular weight excluding hydrogens is 413 g/mol. The zero-order chi connectivity index (χ0) is 23.0. The molecule has 7 nitrogen and oxygen atoms in total. The molecule has 2 aromatic carbocycles. The normalized spacial score (nSPS) is 12.2. The SMILES string of the molecule is COc1cc2c(cc1OC)-c1c(c(Nc3cccc(F)c3)nn1COC(=O)C(C)(C)C)C2. The molecular formula is C24H26FN3O4. The average molecular weight is 439 g/mol. The largest absolute Gasteiger partial charge is 0.493 e. The highest BCUT2D eigenvalue weighted by atomic mass is 19.1. The number of nitrogens with one attached hydrogen (secondary N) is 1. The first kappa shape index (κ1) is 21.7. The minimum absolute atomic E-state index is 0.0446. The van der Waals surface area contributed by atoms with Gasteiger partial charge in [0, 0.05) is 23.2 Å². The lowest BCUT2D eigenvalue weighted by Gasteiger charge is -2.17. The smallest absolute Gasteiger partial charge is 0.313 e. The summed E-state index contributed by atoms with van der Waals surface area (Å²) in [5.74, 6) is 1.13. The van der Waals surface area contributed by atoms with Crippen LogP contribution >= 0.6 is 0 Å². The van der Waals surface area contributed by atoms with Gasteiger partial charge in [-0.25, -0.2) is 9.07 Å². The molecule has 0 atom stereocenters. The van der Waals surface area contributed by atoms with E-state index in [1.807, 2.05) is 12.1 Å². The van der Waals surface area contributed by atoms with Crippen molar-refractivity contribution in [2.24, 2.45) is 5.41 Å². The lowest BCUT2D eigenvalue weighted by molar-refractivity contribution is -0.157. The van der Waals surface area contributed by atoms with Crippen LogP contribution in [0, 0.1) is 11.2 Å². The van der Waals surface area contributed by atoms with Crippen molar-refractivity contribution in [3.05, 3.63) is 53.3 Å². The molecule has 0 saturated carbocycles. The van der Waals surface area contributed by atoms with Gasteiger partial charge in [-0.3, -0.25) is 4.79 Å². The van der Waals surface area contributed by atoms with Crippen molar-refractivity contribution in [2.75, 3.05) is 19.5 Å². The van der Waals surface area contributed by atoms with Crippen LogP contribution < -0.4 is 14.8 Å². The Kier molecular flexibility index (Phi) is 5.54. The standard InChI is InChI=1S/C24H26FN3O4/c1-24(2,3)23(29)32-13-28-21-17-12-20(31-5)19(30-4)10-14(17)9-18(21)22(27-28)26-16-8-6-7-15(25)11-16/h6-8,10-12H,9,13H2,1-5H3,(H,26,27). The number of rotatable bonds is 6. The molecule has 1 N–H and O–H groups in total. The third-order valence-electron chi connectivity index (χ3n) is 5.30. The van der Waals surface area contributed by atoms with Crippen molar-refractivity contribution in [3.63, 3.8) is 0 Å². The van der Waals surface area contributed by atoms with Gasteiger partial charge in [0.2, 0.25) is 0 Å². The van der Waals surface area contributed by atoms with Gasteiger partial charge in [0.15, 0.2) is 24.0 Å². The van der Waals surface area contributed by atoms with Gasteiger partial charge in [-0.15, -0.1) is 0 Å². The molecule has 4 rings (SSSR count). The fraction of sp³-hybridized carbons (Fsp3) is 0.333. The monoisotopic (exact) mass is 439 g/mol. The molecule has 32 heavy (non-hydrogen) atoms. The third-order valence-corrected chi connectivity index (χ3v) is 5.30. The fourth-order valence-electron chi connectivity index (χ4n) is 3.68. The van der Waals surface area contributed by atoms with Crippen LogP contribution in [0.15, 0.2) is 36.4 Å². The van der Waals surface area contributed by atoms with E-state index in [0.717, 1.165) is 22.4 Å². The molecule has 1 heterocycles. The highest BCUT2D eigenvalue weighted by molar-refractivity contribution is 5.82. The number of nitrogens with zero attached hydrogens (tertiary/aromatic N) is 2. The Morgan fingerprint density at radius 1 is 1.16 bits per heavy atom. The number of anilines is 2. The fourth-order valence-corrected chi connectivity index (χ4v) is 3.68. The van der Waals surface area contributed by atoms with Crippen LogP contribution in [0.4, 0.5) is 15.9 Å². The van der Waals surface area contributed by atoms with Crippen LogP contribution in [0.3, 0.4) is 0 Å². The van der Waals surface area contributed by atoms with Crippen molar-refractivity contribution < 1.29 is 23.4 Å². The van der Waals surface area contributed by atoms with E-state index in [2.05, 4.69) is 10.4 Å². The number of carbonyl (C=O) groups excluding carboxylic acids is 1. The Morgan fingerprint density at radius 2 is 1.88 bits per heavy atom. The number of ether oxygens (including phenoxy) is 3. The molecule has 0 unspecified atom stereocenters. The van der Waals surface area contributed by atoms with Gasteiger partial charge in [-0.05, 0) is 56.7 Å².